The van der Waals surface area contributed by atoms with Crippen LogP contribution in [0.2, 0.25) is 0 Å². The molecule has 1 aliphatic heterocycles. The number of amides is 1. The molecule has 0 unspecified atom stereocenters. The van der Waals surface area contributed by atoms with Gasteiger partial charge in [-0.25, -0.2) is 4.98 Å². The molecular formula is C21H22N4O3S2. The zero-order valence-corrected chi connectivity index (χ0v) is 18.4. The van der Waals surface area contributed by atoms with Crippen molar-refractivity contribution in [3.8, 4) is 0 Å². The predicted molar refractivity (Wildman–Crippen MR) is 122 cm³/mol. The van der Waals surface area contributed by atoms with Gasteiger partial charge in [0.05, 0.1) is 15.1 Å². The second-order valence-electron chi connectivity index (χ2n) is 7.38. The number of thiazole rings is 1. The quantitative estimate of drug-likeness (QED) is 0.325. The van der Waals surface area contributed by atoms with E-state index in [1.807, 2.05) is 29.2 Å². The molecule has 1 aromatic heterocycles. The van der Waals surface area contributed by atoms with Crippen molar-refractivity contribution in [3.63, 3.8) is 0 Å². The molecule has 2 aromatic carbocycles. The fourth-order valence-electron chi connectivity index (χ4n) is 3.41. The highest BCUT2D eigenvalue weighted by atomic mass is 32.2. The molecule has 0 saturated carbocycles. The molecule has 0 N–H and O–H groups in total. The number of nitro groups is 1. The van der Waals surface area contributed by atoms with Gasteiger partial charge in [0.2, 0.25) is 0 Å². The summed E-state index contributed by atoms with van der Waals surface area (Å²) in [6, 6.07) is 12.6. The number of benzene rings is 2. The third kappa shape index (κ3) is 4.41. The first-order valence-electron chi connectivity index (χ1n) is 9.76. The molecule has 7 nitrogen and oxygen atoms in total. The van der Waals surface area contributed by atoms with Crippen LogP contribution in [0.5, 0.6) is 0 Å². The summed E-state index contributed by atoms with van der Waals surface area (Å²) in [5.41, 5.74) is 1.56. The van der Waals surface area contributed by atoms with E-state index in [9.17, 15) is 14.9 Å². The molecular weight excluding hydrogens is 420 g/mol. The molecule has 1 fully saturated rings. The Kier molecular flexibility index (Phi) is 5.92. The standard InChI is InChI=1S/C21H22N4O3S2/c1-14(2)29-17-5-3-4-15(12-17)20(26)23-8-10-24(11-9-23)21-22-18-7-6-16(25(27)28)13-19(18)30-21/h3-7,12-14H,8-11H2,1-2H3. The Morgan fingerprint density at radius 3 is 2.63 bits per heavy atom. The number of piperazine rings is 1. The second-order valence-corrected chi connectivity index (χ2v) is 10.0. The summed E-state index contributed by atoms with van der Waals surface area (Å²) in [6.45, 7) is 6.90. The lowest BCUT2D eigenvalue weighted by Crippen LogP contribution is -2.48. The van der Waals surface area contributed by atoms with Gasteiger partial charge in [-0.15, -0.1) is 11.8 Å². The topological polar surface area (TPSA) is 79.6 Å². The summed E-state index contributed by atoms with van der Waals surface area (Å²) < 4.78 is 0.803. The van der Waals surface area contributed by atoms with Gasteiger partial charge in [0.25, 0.3) is 11.6 Å². The van der Waals surface area contributed by atoms with E-state index in [1.54, 1.807) is 23.9 Å². The van der Waals surface area contributed by atoms with Crippen molar-refractivity contribution in [2.75, 3.05) is 31.1 Å². The van der Waals surface area contributed by atoms with Gasteiger partial charge < -0.3 is 9.80 Å². The fourth-order valence-corrected chi connectivity index (χ4v) is 5.35. The highest BCUT2D eigenvalue weighted by molar-refractivity contribution is 7.99. The number of nitro benzene ring substituents is 1. The van der Waals surface area contributed by atoms with Gasteiger partial charge >= 0.3 is 0 Å². The predicted octanol–water partition coefficient (Wildman–Crippen LogP) is 4.67. The molecule has 1 amide bonds. The largest absolute Gasteiger partial charge is 0.345 e. The molecule has 0 atom stereocenters. The van der Waals surface area contributed by atoms with E-state index in [0.717, 1.165) is 25.8 Å². The summed E-state index contributed by atoms with van der Waals surface area (Å²) in [6.07, 6.45) is 0. The lowest BCUT2D eigenvalue weighted by Gasteiger charge is -2.34. The molecule has 9 heteroatoms. The van der Waals surface area contributed by atoms with E-state index in [1.165, 1.54) is 17.4 Å². The van der Waals surface area contributed by atoms with E-state index in [2.05, 4.69) is 23.7 Å². The van der Waals surface area contributed by atoms with Crippen LogP contribution in [0.1, 0.15) is 24.2 Å². The average molecular weight is 443 g/mol. The monoisotopic (exact) mass is 442 g/mol. The zero-order valence-electron chi connectivity index (χ0n) is 16.8. The SMILES string of the molecule is CC(C)Sc1cccc(C(=O)N2CCN(c3nc4ccc([N+](=O)[O-])cc4s3)CC2)c1. The maximum atomic E-state index is 12.9. The molecule has 0 bridgehead atoms. The Bertz CT molecular complexity index is 1090. The van der Waals surface area contributed by atoms with Gasteiger partial charge in [-0.05, 0) is 24.3 Å². The third-order valence-electron chi connectivity index (χ3n) is 4.86. The summed E-state index contributed by atoms with van der Waals surface area (Å²) in [5.74, 6) is 0.0563. The second kappa shape index (κ2) is 8.61. The van der Waals surface area contributed by atoms with Gasteiger partial charge in [-0.2, -0.15) is 0 Å². The van der Waals surface area contributed by atoms with Crippen LogP contribution >= 0.6 is 23.1 Å². The molecule has 30 heavy (non-hydrogen) atoms. The summed E-state index contributed by atoms with van der Waals surface area (Å²) in [5, 5.41) is 12.3. The lowest BCUT2D eigenvalue weighted by atomic mass is 10.2. The number of carbonyl (C=O) groups is 1. The number of aromatic nitrogens is 1. The molecule has 4 rings (SSSR count). The Balaban J connectivity index is 1.43. The first-order valence-corrected chi connectivity index (χ1v) is 11.5. The normalized spacial score (nSPS) is 14.5. The highest BCUT2D eigenvalue weighted by Gasteiger charge is 2.24. The maximum Gasteiger partial charge on any atom is 0.270 e. The number of fused-ring (bicyclic) bond motifs is 1. The van der Waals surface area contributed by atoms with E-state index < -0.39 is 4.92 Å². The number of anilines is 1. The number of rotatable bonds is 5. The van der Waals surface area contributed by atoms with Crippen LogP contribution in [0.25, 0.3) is 10.2 Å². The van der Waals surface area contributed by atoms with Crippen LogP contribution in [0.15, 0.2) is 47.4 Å². The first-order chi connectivity index (χ1) is 14.4. The third-order valence-corrected chi connectivity index (χ3v) is 6.94. The summed E-state index contributed by atoms with van der Waals surface area (Å²) in [7, 11) is 0. The molecule has 1 saturated heterocycles. The highest BCUT2D eigenvalue weighted by Crippen LogP contribution is 2.32. The number of carbonyl (C=O) groups excluding carboxylic acids is 1. The van der Waals surface area contributed by atoms with E-state index in [-0.39, 0.29) is 11.6 Å². The van der Waals surface area contributed by atoms with Crippen LogP contribution in [0, 0.1) is 10.1 Å². The molecule has 2 heterocycles. The number of hydrogen-bond acceptors (Lipinski definition) is 7. The van der Waals surface area contributed by atoms with Crippen molar-refractivity contribution in [3.05, 3.63) is 58.1 Å². The lowest BCUT2D eigenvalue weighted by molar-refractivity contribution is -0.384. The Morgan fingerprint density at radius 2 is 1.93 bits per heavy atom. The van der Waals surface area contributed by atoms with Gasteiger partial charge in [0.1, 0.15) is 0 Å². The minimum atomic E-state index is -0.391. The molecule has 0 aliphatic carbocycles. The van der Waals surface area contributed by atoms with Crippen LogP contribution in [0.4, 0.5) is 10.8 Å². The number of non-ortho nitro benzene ring substituents is 1. The van der Waals surface area contributed by atoms with Gasteiger partial charge in [-0.1, -0.05) is 31.3 Å². The van der Waals surface area contributed by atoms with Crippen LogP contribution in [0.3, 0.4) is 0 Å². The van der Waals surface area contributed by atoms with Gasteiger partial charge in [0.15, 0.2) is 5.13 Å². The Morgan fingerprint density at radius 1 is 1.17 bits per heavy atom. The average Bonchev–Trinajstić information content (AvgIpc) is 3.16. The molecule has 3 aromatic rings. The molecule has 156 valence electrons. The summed E-state index contributed by atoms with van der Waals surface area (Å²) >= 11 is 3.20. The van der Waals surface area contributed by atoms with Crippen molar-refractivity contribution in [2.24, 2.45) is 0 Å². The van der Waals surface area contributed by atoms with Gasteiger partial charge in [0, 0.05) is 54.0 Å². The molecule has 0 radical (unpaired) electrons. The molecule has 0 spiro atoms. The number of hydrogen-bond donors (Lipinski definition) is 0. The van der Waals surface area contributed by atoms with Crippen molar-refractivity contribution < 1.29 is 9.72 Å². The smallest absolute Gasteiger partial charge is 0.270 e. The van der Waals surface area contributed by atoms with Crippen molar-refractivity contribution in [1.29, 1.82) is 0 Å². The molecule has 1 aliphatic rings. The summed E-state index contributed by atoms with van der Waals surface area (Å²) in [4.78, 5) is 33.3. The Hall–Kier alpha value is -2.65. The van der Waals surface area contributed by atoms with E-state index in [4.69, 9.17) is 0 Å². The van der Waals surface area contributed by atoms with Gasteiger partial charge in [-0.3, -0.25) is 14.9 Å². The van der Waals surface area contributed by atoms with Crippen LogP contribution < -0.4 is 4.90 Å². The minimum Gasteiger partial charge on any atom is -0.345 e. The van der Waals surface area contributed by atoms with Crippen molar-refractivity contribution >= 4 is 50.0 Å². The van der Waals surface area contributed by atoms with E-state index >= 15 is 0 Å². The van der Waals surface area contributed by atoms with Crippen LogP contribution in [-0.2, 0) is 0 Å². The minimum absolute atomic E-state index is 0.0563. The number of nitrogens with zero attached hydrogens (tertiary/aromatic N) is 4. The van der Waals surface area contributed by atoms with Crippen molar-refractivity contribution in [2.45, 2.75) is 24.0 Å². The first kappa shape index (κ1) is 20.6. The zero-order chi connectivity index (χ0) is 21.3. The maximum absolute atomic E-state index is 12.9. The van der Waals surface area contributed by atoms with E-state index in [0.29, 0.717) is 31.4 Å². The van der Waals surface area contributed by atoms with Crippen molar-refractivity contribution in [1.82, 2.24) is 9.88 Å². The van der Waals surface area contributed by atoms with Crippen LogP contribution in [-0.4, -0.2) is 52.1 Å². The Labute approximate surface area is 182 Å². The number of thioether (sulfide) groups is 1. The fraction of sp³-hybridized carbons (Fsp3) is 0.333.